The van der Waals surface area contributed by atoms with Crippen molar-refractivity contribution in [1.82, 2.24) is 10.2 Å². The fraction of sp³-hybridized carbons (Fsp3) is 0.406. The van der Waals surface area contributed by atoms with Crippen LogP contribution in [0.5, 0.6) is 0 Å². The van der Waals surface area contributed by atoms with Crippen LogP contribution in [-0.4, -0.2) is 56.7 Å². The lowest BCUT2D eigenvalue weighted by molar-refractivity contribution is 0.233. The van der Waals surface area contributed by atoms with Gasteiger partial charge >= 0.3 is 0 Å². The van der Waals surface area contributed by atoms with E-state index in [1.165, 1.54) is 22.4 Å². The third-order valence-electron chi connectivity index (χ3n) is 7.76. The van der Waals surface area contributed by atoms with Gasteiger partial charge in [0.15, 0.2) is 5.96 Å². The van der Waals surface area contributed by atoms with Crippen LogP contribution in [0.3, 0.4) is 0 Å². The van der Waals surface area contributed by atoms with E-state index in [1.807, 2.05) is 11.8 Å². The van der Waals surface area contributed by atoms with Crippen molar-refractivity contribution in [3.63, 3.8) is 0 Å². The number of benzene rings is 3. The van der Waals surface area contributed by atoms with Crippen molar-refractivity contribution >= 4 is 36.4 Å². The molecule has 1 fully saturated rings. The van der Waals surface area contributed by atoms with Crippen molar-refractivity contribution in [2.24, 2.45) is 4.99 Å². The first-order valence-corrected chi connectivity index (χ1v) is 17.0. The number of nitrogens with one attached hydrogen (secondary N) is 1. The molecule has 6 heteroatoms. The minimum Gasteiger partial charge on any atom is -0.405 e. The average Bonchev–Trinajstić information content (AvgIpc) is 2.94. The summed E-state index contributed by atoms with van der Waals surface area (Å²) in [7, 11) is -2.55. The summed E-state index contributed by atoms with van der Waals surface area (Å²) < 4.78 is 7.21. The Morgan fingerprint density at radius 3 is 2.05 bits per heavy atom. The van der Waals surface area contributed by atoms with E-state index in [2.05, 4.69) is 122 Å². The van der Waals surface area contributed by atoms with E-state index < -0.39 is 8.32 Å². The highest BCUT2D eigenvalue weighted by molar-refractivity contribution is 7.98. The Balaban J connectivity index is 1.29. The van der Waals surface area contributed by atoms with Crippen LogP contribution in [0.4, 0.5) is 0 Å². The maximum Gasteiger partial charge on any atom is 0.261 e. The van der Waals surface area contributed by atoms with E-state index in [1.54, 1.807) is 0 Å². The molecule has 0 aliphatic carbocycles. The summed E-state index contributed by atoms with van der Waals surface area (Å²) >= 11 is 2.01. The minimum absolute atomic E-state index is 0.0201. The molecule has 0 unspecified atom stereocenters. The predicted molar refractivity (Wildman–Crippen MR) is 165 cm³/mol. The fourth-order valence-corrected chi connectivity index (χ4v) is 11.4. The quantitative estimate of drug-likeness (QED) is 0.372. The summed E-state index contributed by atoms with van der Waals surface area (Å²) in [4.78, 5) is 7.64. The van der Waals surface area contributed by atoms with E-state index in [0.717, 1.165) is 37.0 Å². The van der Waals surface area contributed by atoms with Gasteiger partial charge in [0.05, 0.1) is 12.6 Å². The maximum absolute atomic E-state index is 7.21. The van der Waals surface area contributed by atoms with E-state index in [4.69, 9.17) is 9.42 Å². The summed E-state index contributed by atoms with van der Waals surface area (Å²) in [6.45, 7) is 9.81. The molecule has 3 aromatic carbocycles. The van der Waals surface area contributed by atoms with Gasteiger partial charge in [0.1, 0.15) is 0 Å². The van der Waals surface area contributed by atoms with Crippen LogP contribution < -0.4 is 15.7 Å². The molecule has 1 saturated heterocycles. The zero-order valence-corrected chi connectivity index (χ0v) is 24.8. The molecule has 200 valence electrons. The lowest BCUT2D eigenvalue weighted by atomic mass is 10.1. The van der Waals surface area contributed by atoms with E-state index in [9.17, 15) is 0 Å². The van der Waals surface area contributed by atoms with Gasteiger partial charge in [0, 0.05) is 30.6 Å². The molecule has 5 rings (SSSR count). The molecule has 0 bridgehead atoms. The minimum atomic E-state index is -2.55. The van der Waals surface area contributed by atoms with Gasteiger partial charge in [-0.3, -0.25) is 0 Å². The number of hydrogen-bond donors (Lipinski definition) is 1. The standard InChI is InChI=1S/C32H41N3OSSi/c1-32(2,3)38(29-15-9-5-10-16-29,30-17-11-6-12-18-30)36-23-27-19-21-35-22-20-28(34-31(35)33-27)25-37-24-26-13-7-4-8-14-26/h4-18,27-28H,19-25H2,1-3H3,(H,33,34)/t27-,28-/m1/s1. The molecule has 0 aromatic heterocycles. The van der Waals surface area contributed by atoms with Crippen LogP contribution in [-0.2, 0) is 10.2 Å². The molecule has 0 saturated carbocycles. The molecule has 0 radical (unpaired) electrons. The van der Waals surface area contributed by atoms with Crippen LogP contribution in [0, 0.1) is 0 Å². The Labute approximate surface area is 234 Å². The molecule has 3 aromatic rings. The predicted octanol–water partition coefficient (Wildman–Crippen LogP) is 5.29. The number of fused-ring (bicyclic) bond motifs is 1. The molecule has 2 aliphatic rings. The smallest absolute Gasteiger partial charge is 0.261 e. The van der Waals surface area contributed by atoms with Crippen molar-refractivity contribution < 1.29 is 4.43 Å². The second kappa shape index (κ2) is 12.1. The molecule has 1 N–H and O–H groups in total. The van der Waals surface area contributed by atoms with E-state index >= 15 is 0 Å². The van der Waals surface area contributed by atoms with Crippen molar-refractivity contribution in [3.8, 4) is 0 Å². The summed E-state index contributed by atoms with van der Waals surface area (Å²) in [6.07, 6.45) is 2.21. The number of nitrogens with zero attached hydrogens (tertiary/aromatic N) is 2. The molecule has 0 amide bonds. The number of rotatable bonds is 9. The lowest BCUT2D eigenvalue weighted by Crippen LogP contribution is -2.67. The normalized spacial score (nSPS) is 19.9. The zero-order valence-electron chi connectivity index (χ0n) is 23.0. The van der Waals surface area contributed by atoms with Crippen molar-refractivity contribution in [3.05, 3.63) is 96.6 Å². The molecule has 4 nitrogen and oxygen atoms in total. The van der Waals surface area contributed by atoms with Gasteiger partial charge < -0.3 is 14.6 Å². The second-order valence-corrected chi connectivity index (χ2v) is 16.8. The first-order valence-electron chi connectivity index (χ1n) is 13.9. The average molecular weight is 544 g/mol. The van der Waals surface area contributed by atoms with Gasteiger partial charge in [-0.05, 0) is 33.8 Å². The fourth-order valence-electron chi connectivity index (χ4n) is 5.76. The summed E-state index contributed by atoms with van der Waals surface area (Å²) in [5.41, 5.74) is 1.39. The number of guanidine groups is 1. The molecule has 2 atom stereocenters. The summed E-state index contributed by atoms with van der Waals surface area (Å²) in [5.74, 6) is 3.23. The van der Waals surface area contributed by atoms with Gasteiger partial charge in [0.25, 0.3) is 8.32 Å². The first-order chi connectivity index (χ1) is 18.5. The van der Waals surface area contributed by atoms with Crippen LogP contribution in [0.15, 0.2) is 96.0 Å². The van der Waals surface area contributed by atoms with Gasteiger partial charge in [-0.1, -0.05) is 112 Å². The van der Waals surface area contributed by atoms with Crippen LogP contribution in [0.25, 0.3) is 0 Å². The largest absolute Gasteiger partial charge is 0.405 e. The lowest BCUT2D eigenvalue weighted by Gasteiger charge is -2.44. The van der Waals surface area contributed by atoms with Crippen LogP contribution in [0.1, 0.15) is 39.2 Å². The third-order valence-corrected chi connectivity index (χ3v) is 13.9. The van der Waals surface area contributed by atoms with Crippen molar-refractivity contribution in [2.45, 2.75) is 56.5 Å². The topological polar surface area (TPSA) is 36.9 Å². The molecular formula is C32H41N3OSSi. The zero-order chi connectivity index (χ0) is 26.4. The SMILES string of the molecule is CC(C)(C)[Si](OC[C@H]1CCN2CC[C@H](CSCc3ccccc3)NC2=N1)(c1ccccc1)c1ccccc1. The molecule has 0 spiro atoms. The number of thioether (sulfide) groups is 1. The molecular weight excluding hydrogens is 503 g/mol. The number of hydrogen-bond acceptors (Lipinski definition) is 5. The molecule has 38 heavy (non-hydrogen) atoms. The van der Waals surface area contributed by atoms with Crippen LogP contribution in [0.2, 0.25) is 5.04 Å². The Morgan fingerprint density at radius 2 is 1.45 bits per heavy atom. The van der Waals surface area contributed by atoms with Crippen LogP contribution >= 0.6 is 11.8 Å². The molecule has 2 aliphatic heterocycles. The highest BCUT2D eigenvalue weighted by Crippen LogP contribution is 2.37. The molecule has 2 heterocycles. The van der Waals surface area contributed by atoms with E-state index in [-0.39, 0.29) is 11.1 Å². The third kappa shape index (κ3) is 6.03. The monoisotopic (exact) mass is 543 g/mol. The second-order valence-electron chi connectivity index (χ2n) is 11.5. The Bertz CT molecular complexity index is 1140. The van der Waals surface area contributed by atoms with Gasteiger partial charge in [0.2, 0.25) is 0 Å². The summed E-state index contributed by atoms with van der Waals surface area (Å²) in [5, 5.41) is 6.41. The number of aliphatic imine (C=N–C) groups is 1. The van der Waals surface area contributed by atoms with E-state index in [0.29, 0.717) is 12.6 Å². The van der Waals surface area contributed by atoms with Crippen molar-refractivity contribution in [1.29, 1.82) is 0 Å². The highest BCUT2D eigenvalue weighted by Gasteiger charge is 2.50. The Morgan fingerprint density at radius 1 is 0.868 bits per heavy atom. The Kier molecular flexibility index (Phi) is 8.61. The van der Waals surface area contributed by atoms with Gasteiger partial charge in [-0.2, -0.15) is 11.8 Å². The van der Waals surface area contributed by atoms with Gasteiger partial charge in [-0.15, -0.1) is 0 Å². The summed E-state index contributed by atoms with van der Waals surface area (Å²) in [6, 6.07) is 33.2. The van der Waals surface area contributed by atoms with Gasteiger partial charge in [-0.25, -0.2) is 4.99 Å². The highest BCUT2D eigenvalue weighted by atomic mass is 32.2. The maximum atomic E-state index is 7.21. The first kappa shape index (κ1) is 27.0. The van der Waals surface area contributed by atoms with Crippen molar-refractivity contribution in [2.75, 3.05) is 25.4 Å². The Hall–Kier alpha value is -2.54.